The average molecular weight is 271 g/mol. The largest absolute Gasteiger partial charge is 0.248 e. The van der Waals surface area contributed by atoms with Gasteiger partial charge >= 0.3 is 0 Å². The summed E-state index contributed by atoms with van der Waals surface area (Å²) in [5, 5.41) is 27.0. The molecule has 0 amide bonds. The van der Waals surface area contributed by atoms with Gasteiger partial charge in [0.15, 0.2) is 17.1 Å². The second-order valence-electron chi connectivity index (χ2n) is 4.21. The standard InChI is InChI=1S/C14H5N7/c1-7-10(4-15)20-13-8(18-7)2-3-9-14(13)21-12(6-17)11(5-16)19-9/h2-3H,1H3. The Bertz CT molecular complexity index is 1030. The molecule has 0 aliphatic heterocycles. The van der Waals surface area contributed by atoms with Crippen LogP contribution in [0.3, 0.4) is 0 Å². The number of rotatable bonds is 0. The highest BCUT2D eigenvalue weighted by atomic mass is 14.9. The fraction of sp³-hybridized carbons (Fsp3) is 0.0714. The van der Waals surface area contributed by atoms with Crippen molar-refractivity contribution in [3.8, 4) is 18.2 Å². The Balaban J connectivity index is 2.52. The van der Waals surface area contributed by atoms with E-state index in [1.807, 2.05) is 18.2 Å². The van der Waals surface area contributed by atoms with Crippen molar-refractivity contribution in [1.82, 2.24) is 19.9 Å². The first-order valence-corrected chi connectivity index (χ1v) is 5.87. The summed E-state index contributed by atoms with van der Waals surface area (Å²) in [7, 11) is 0. The summed E-state index contributed by atoms with van der Waals surface area (Å²) < 4.78 is 0. The number of nitrogens with zero attached hydrogens (tertiary/aromatic N) is 7. The normalized spacial score (nSPS) is 10.0. The van der Waals surface area contributed by atoms with Crippen LogP contribution in [0.2, 0.25) is 0 Å². The van der Waals surface area contributed by atoms with Gasteiger partial charge in [-0.2, -0.15) is 15.8 Å². The van der Waals surface area contributed by atoms with Gasteiger partial charge in [0.25, 0.3) is 0 Å². The lowest BCUT2D eigenvalue weighted by molar-refractivity contribution is 1.14. The van der Waals surface area contributed by atoms with E-state index in [1.165, 1.54) is 0 Å². The van der Waals surface area contributed by atoms with Gasteiger partial charge in [-0.25, -0.2) is 19.9 Å². The number of fused-ring (bicyclic) bond motifs is 3. The molecular formula is C14H5N7. The zero-order valence-electron chi connectivity index (χ0n) is 10.8. The summed E-state index contributed by atoms with van der Waals surface area (Å²) in [6.45, 7) is 1.69. The van der Waals surface area contributed by atoms with Crippen molar-refractivity contribution in [2.45, 2.75) is 6.92 Å². The molecule has 0 atom stereocenters. The fourth-order valence-corrected chi connectivity index (χ4v) is 1.99. The quantitative estimate of drug-likeness (QED) is 0.567. The fourth-order valence-electron chi connectivity index (χ4n) is 1.99. The van der Waals surface area contributed by atoms with Crippen molar-refractivity contribution in [3.63, 3.8) is 0 Å². The number of hydrogen-bond donors (Lipinski definition) is 0. The number of hydrogen-bond acceptors (Lipinski definition) is 7. The lowest BCUT2D eigenvalue weighted by Crippen LogP contribution is -2.00. The Labute approximate surface area is 118 Å². The topological polar surface area (TPSA) is 123 Å². The van der Waals surface area contributed by atoms with Gasteiger partial charge in [0.05, 0.1) is 16.7 Å². The predicted molar refractivity (Wildman–Crippen MR) is 71.5 cm³/mol. The van der Waals surface area contributed by atoms with Crippen molar-refractivity contribution in [2.75, 3.05) is 0 Å². The van der Waals surface area contributed by atoms with Crippen LogP contribution in [0.15, 0.2) is 12.1 Å². The van der Waals surface area contributed by atoms with Gasteiger partial charge in [-0.15, -0.1) is 0 Å². The third-order valence-electron chi connectivity index (χ3n) is 2.96. The Morgan fingerprint density at radius 3 is 1.76 bits per heavy atom. The van der Waals surface area contributed by atoms with Crippen LogP contribution in [-0.2, 0) is 0 Å². The molecule has 7 nitrogen and oxygen atoms in total. The number of aryl methyl sites for hydroxylation is 1. The molecule has 0 radical (unpaired) electrons. The van der Waals surface area contributed by atoms with Crippen LogP contribution >= 0.6 is 0 Å². The molecule has 1 aromatic carbocycles. The average Bonchev–Trinajstić information content (AvgIpc) is 2.52. The molecule has 0 saturated carbocycles. The van der Waals surface area contributed by atoms with Crippen LogP contribution in [-0.4, -0.2) is 19.9 Å². The number of aromatic nitrogens is 4. The summed E-state index contributed by atoms with van der Waals surface area (Å²) >= 11 is 0. The van der Waals surface area contributed by atoms with E-state index in [0.717, 1.165) is 0 Å². The van der Waals surface area contributed by atoms with Crippen LogP contribution in [0, 0.1) is 40.9 Å². The van der Waals surface area contributed by atoms with Gasteiger partial charge in [0, 0.05) is 0 Å². The number of nitriles is 3. The smallest absolute Gasteiger partial charge is 0.177 e. The van der Waals surface area contributed by atoms with Crippen molar-refractivity contribution >= 4 is 22.1 Å². The van der Waals surface area contributed by atoms with Crippen LogP contribution in [0.4, 0.5) is 0 Å². The maximum Gasteiger partial charge on any atom is 0.177 e. The molecule has 0 unspecified atom stereocenters. The highest BCUT2D eigenvalue weighted by molar-refractivity contribution is 6.00. The molecule has 3 rings (SSSR count). The SMILES string of the molecule is Cc1nc2ccc3nc(C#N)c(C#N)nc3c2nc1C#N. The second-order valence-corrected chi connectivity index (χ2v) is 4.21. The van der Waals surface area contributed by atoms with E-state index in [9.17, 15) is 0 Å². The molecule has 21 heavy (non-hydrogen) atoms. The summed E-state index contributed by atoms with van der Waals surface area (Å²) in [6, 6.07) is 8.99. The number of benzene rings is 1. The van der Waals surface area contributed by atoms with Gasteiger partial charge in [0.1, 0.15) is 29.2 Å². The van der Waals surface area contributed by atoms with Crippen LogP contribution in [0.25, 0.3) is 22.1 Å². The molecule has 0 aliphatic rings. The molecule has 2 heterocycles. The van der Waals surface area contributed by atoms with Gasteiger partial charge in [-0.3, -0.25) is 0 Å². The van der Waals surface area contributed by atoms with Crippen molar-refractivity contribution in [2.24, 2.45) is 0 Å². The lowest BCUT2D eigenvalue weighted by Gasteiger charge is -2.04. The summed E-state index contributed by atoms with van der Waals surface area (Å²) in [5.74, 6) is 0. The van der Waals surface area contributed by atoms with E-state index in [1.54, 1.807) is 19.1 Å². The first-order chi connectivity index (χ1) is 10.2. The summed E-state index contributed by atoms with van der Waals surface area (Å²) in [4.78, 5) is 16.8. The highest BCUT2D eigenvalue weighted by Crippen LogP contribution is 2.22. The second kappa shape index (κ2) is 4.48. The Hall–Kier alpha value is -3.63. The first kappa shape index (κ1) is 12.4. The molecular weight excluding hydrogens is 266 g/mol. The molecule has 7 heteroatoms. The maximum absolute atomic E-state index is 9.05. The predicted octanol–water partition coefficient (Wildman–Crippen LogP) is 1.50. The van der Waals surface area contributed by atoms with Gasteiger partial charge in [-0.05, 0) is 19.1 Å². The van der Waals surface area contributed by atoms with Crippen LogP contribution in [0.5, 0.6) is 0 Å². The molecule has 0 bridgehead atoms. The Kier molecular flexibility index (Phi) is 2.65. The minimum atomic E-state index is -0.0709. The minimum absolute atomic E-state index is 0.0371. The molecule has 2 aromatic heterocycles. The van der Waals surface area contributed by atoms with E-state index in [0.29, 0.717) is 27.8 Å². The first-order valence-electron chi connectivity index (χ1n) is 5.87. The van der Waals surface area contributed by atoms with Crippen molar-refractivity contribution in [3.05, 3.63) is 34.9 Å². The molecule has 0 aliphatic carbocycles. The molecule has 0 fully saturated rings. The van der Waals surface area contributed by atoms with Crippen LogP contribution < -0.4 is 0 Å². The third kappa shape index (κ3) is 1.80. The van der Waals surface area contributed by atoms with Gasteiger partial charge in [0.2, 0.25) is 0 Å². The van der Waals surface area contributed by atoms with E-state index in [-0.39, 0.29) is 17.1 Å². The zero-order valence-corrected chi connectivity index (χ0v) is 10.8. The molecule has 0 saturated heterocycles. The van der Waals surface area contributed by atoms with Crippen molar-refractivity contribution < 1.29 is 0 Å². The van der Waals surface area contributed by atoms with E-state index in [2.05, 4.69) is 19.9 Å². The Morgan fingerprint density at radius 2 is 1.19 bits per heavy atom. The summed E-state index contributed by atoms with van der Waals surface area (Å²) in [6.07, 6.45) is 0. The molecule has 0 N–H and O–H groups in total. The van der Waals surface area contributed by atoms with Crippen LogP contribution in [0.1, 0.15) is 22.8 Å². The van der Waals surface area contributed by atoms with E-state index >= 15 is 0 Å². The summed E-state index contributed by atoms with van der Waals surface area (Å²) in [5.41, 5.74) is 2.34. The van der Waals surface area contributed by atoms with E-state index < -0.39 is 0 Å². The van der Waals surface area contributed by atoms with Gasteiger partial charge in [-0.1, -0.05) is 0 Å². The molecule has 96 valence electrons. The zero-order chi connectivity index (χ0) is 15.0. The van der Waals surface area contributed by atoms with Crippen molar-refractivity contribution in [1.29, 1.82) is 15.8 Å². The molecule has 3 aromatic rings. The third-order valence-corrected chi connectivity index (χ3v) is 2.96. The maximum atomic E-state index is 9.05. The minimum Gasteiger partial charge on any atom is -0.248 e. The van der Waals surface area contributed by atoms with Gasteiger partial charge < -0.3 is 0 Å². The highest BCUT2D eigenvalue weighted by Gasteiger charge is 2.13. The monoisotopic (exact) mass is 271 g/mol. The molecule has 0 spiro atoms. The van der Waals surface area contributed by atoms with E-state index in [4.69, 9.17) is 15.8 Å². The lowest BCUT2D eigenvalue weighted by atomic mass is 10.2. The Morgan fingerprint density at radius 1 is 0.714 bits per heavy atom.